The normalized spacial score (nSPS) is 12.6. The number of carbonyl (C=O) groups excluding carboxylic acids is 1. The van der Waals surface area contributed by atoms with Crippen LogP contribution in [0, 0.1) is 0 Å². The average molecular weight is 255 g/mol. The summed E-state index contributed by atoms with van der Waals surface area (Å²) in [4.78, 5) is 15.2. The van der Waals surface area contributed by atoms with E-state index in [4.69, 9.17) is 11.6 Å². The summed E-state index contributed by atoms with van der Waals surface area (Å²) in [5.41, 5.74) is 1.16. The molecule has 1 amide bonds. The summed E-state index contributed by atoms with van der Waals surface area (Å²) < 4.78 is 0. The van der Waals surface area contributed by atoms with Gasteiger partial charge >= 0.3 is 0 Å². The highest BCUT2D eigenvalue weighted by Gasteiger charge is 2.15. The minimum atomic E-state index is 0.105. The number of halogens is 1. The predicted octanol–water partition coefficient (Wildman–Crippen LogP) is 2.42. The fraction of sp³-hybridized carbons (Fsp3) is 0.462. The Labute approximate surface area is 108 Å². The maximum Gasteiger partial charge on any atom is 0.236 e. The first-order chi connectivity index (χ1) is 7.91. The molecule has 0 fully saturated rings. The number of amides is 1. The average Bonchev–Trinajstić information content (AvgIpc) is 2.28. The van der Waals surface area contributed by atoms with Crippen molar-refractivity contribution < 1.29 is 4.79 Å². The molecule has 0 aliphatic rings. The molecule has 1 rings (SSSR count). The van der Waals surface area contributed by atoms with E-state index < -0.39 is 0 Å². The van der Waals surface area contributed by atoms with Gasteiger partial charge in [-0.2, -0.15) is 0 Å². The third-order valence-corrected chi connectivity index (χ3v) is 3.15. The van der Waals surface area contributed by atoms with Crippen molar-refractivity contribution in [3.05, 3.63) is 34.9 Å². The maximum atomic E-state index is 11.6. The van der Waals surface area contributed by atoms with Crippen LogP contribution in [0.25, 0.3) is 0 Å². The number of hydrogen-bond donors (Lipinski definition) is 0. The maximum absolute atomic E-state index is 11.6. The van der Waals surface area contributed by atoms with Crippen molar-refractivity contribution in [2.45, 2.75) is 13.0 Å². The van der Waals surface area contributed by atoms with Gasteiger partial charge in [0.15, 0.2) is 0 Å². The highest BCUT2D eigenvalue weighted by Crippen LogP contribution is 2.20. The van der Waals surface area contributed by atoms with Gasteiger partial charge in [-0.3, -0.25) is 9.69 Å². The second kappa shape index (κ2) is 6.03. The molecule has 1 aromatic carbocycles. The van der Waals surface area contributed by atoms with Crippen molar-refractivity contribution in [1.82, 2.24) is 9.80 Å². The van der Waals surface area contributed by atoms with Crippen LogP contribution in [0.5, 0.6) is 0 Å². The summed E-state index contributed by atoms with van der Waals surface area (Å²) in [5, 5.41) is 0.730. The van der Waals surface area contributed by atoms with Crippen LogP contribution in [-0.4, -0.2) is 43.4 Å². The molecule has 0 heterocycles. The molecule has 94 valence electrons. The fourth-order valence-corrected chi connectivity index (χ4v) is 1.61. The van der Waals surface area contributed by atoms with Gasteiger partial charge in [0.05, 0.1) is 6.54 Å². The molecule has 0 radical (unpaired) electrons. The van der Waals surface area contributed by atoms with E-state index in [-0.39, 0.29) is 11.9 Å². The molecule has 0 aliphatic carbocycles. The van der Waals surface area contributed by atoms with Crippen molar-refractivity contribution >= 4 is 17.5 Å². The monoisotopic (exact) mass is 254 g/mol. The first kappa shape index (κ1) is 14.0. The van der Waals surface area contributed by atoms with Crippen LogP contribution < -0.4 is 0 Å². The van der Waals surface area contributed by atoms with E-state index in [1.807, 2.05) is 36.2 Å². The lowest BCUT2D eigenvalue weighted by molar-refractivity contribution is -0.130. The van der Waals surface area contributed by atoms with Crippen molar-refractivity contribution in [3.63, 3.8) is 0 Å². The number of rotatable bonds is 4. The summed E-state index contributed by atoms with van der Waals surface area (Å²) >= 11 is 5.85. The molecule has 1 unspecified atom stereocenters. The van der Waals surface area contributed by atoms with Crippen LogP contribution >= 0.6 is 11.6 Å². The Morgan fingerprint density at radius 3 is 2.24 bits per heavy atom. The molecule has 0 spiro atoms. The largest absolute Gasteiger partial charge is 0.348 e. The summed E-state index contributed by atoms with van der Waals surface area (Å²) in [7, 11) is 5.48. The molecule has 1 aromatic rings. The molecule has 0 saturated carbocycles. The molecule has 0 bridgehead atoms. The van der Waals surface area contributed by atoms with E-state index in [1.54, 1.807) is 19.0 Å². The van der Waals surface area contributed by atoms with Crippen molar-refractivity contribution in [2.75, 3.05) is 27.7 Å². The first-order valence-corrected chi connectivity index (χ1v) is 5.95. The van der Waals surface area contributed by atoms with Gasteiger partial charge in [-0.15, -0.1) is 0 Å². The summed E-state index contributed by atoms with van der Waals surface area (Å²) in [5.74, 6) is 0.105. The second-order valence-electron chi connectivity index (χ2n) is 4.43. The molecule has 0 aromatic heterocycles. The summed E-state index contributed by atoms with van der Waals surface area (Å²) in [6.07, 6.45) is 0. The second-order valence-corrected chi connectivity index (χ2v) is 4.87. The Bertz CT molecular complexity index is 376. The van der Waals surface area contributed by atoms with Crippen LogP contribution in [-0.2, 0) is 4.79 Å². The number of nitrogens with zero attached hydrogens (tertiary/aromatic N) is 2. The van der Waals surface area contributed by atoms with E-state index in [2.05, 4.69) is 6.92 Å². The Morgan fingerprint density at radius 1 is 1.24 bits per heavy atom. The van der Waals surface area contributed by atoms with Gasteiger partial charge in [-0.25, -0.2) is 0 Å². The van der Waals surface area contributed by atoms with Crippen LogP contribution in [0.1, 0.15) is 18.5 Å². The Kier molecular flexibility index (Phi) is 4.97. The lowest BCUT2D eigenvalue weighted by Crippen LogP contribution is -2.35. The Hall–Kier alpha value is -1.06. The molecule has 0 N–H and O–H groups in total. The van der Waals surface area contributed by atoms with E-state index >= 15 is 0 Å². The predicted molar refractivity (Wildman–Crippen MR) is 71.2 cm³/mol. The zero-order chi connectivity index (χ0) is 13.0. The van der Waals surface area contributed by atoms with Crippen molar-refractivity contribution in [3.8, 4) is 0 Å². The van der Waals surface area contributed by atoms with E-state index in [1.165, 1.54) is 0 Å². The smallest absolute Gasteiger partial charge is 0.236 e. The third-order valence-electron chi connectivity index (χ3n) is 2.90. The topological polar surface area (TPSA) is 23.6 Å². The number of carbonyl (C=O) groups is 1. The minimum Gasteiger partial charge on any atom is -0.348 e. The molecule has 17 heavy (non-hydrogen) atoms. The first-order valence-electron chi connectivity index (χ1n) is 5.57. The van der Waals surface area contributed by atoms with E-state index in [0.29, 0.717) is 6.54 Å². The van der Waals surface area contributed by atoms with Crippen molar-refractivity contribution in [2.24, 2.45) is 0 Å². The minimum absolute atomic E-state index is 0.105. The fourth-order valence-electron chi connectivity index (χ4n) is 1.49. The van der Waals surface area contributed by atoms with Crippen LogP contribution in [0.3, 0.4) is 0 Å². The number of hydrogen-bond acceptors (Lipinski definition) is 2. The van der Waals surface area contributed by atoms with Gasteiger partial charge in [0.25, 0.3) is 0 Å². The van der Waals surface area contributed by atoms with Crippen LogP contribution in [0.2, 0.25) is 5.02 Å². The van der Waals surface area contributed by atoms with E-state index in [9.17, 15) is 4.79 Å². The number of benzene rings is 1. The zero-order valence-electron chi connectivity index (χ0n) is 10.8. The standard InChI is InChI=1S/C13H19ClN2O/c1-10(11-5-7-12(14)8-6-11)16(4)9-13(17)15(2)3/h5-8,10H,9H2,1-4H3. The molecular formula is C13H19ClN2O. The summed E-state index contributed by atoms with van der Waals surface area (Å²) in [6, 6.07) is 7.91. The molecule has 0 aliphatic heterocycles. The highest BCUT2D eigenvalue weighted by atomic mass is 35.5. The van der Waals surface area contributed by atoms with Crippen molar-refractivity contribution in [1.29, 1.82) is 0 Å². The molecule has 0 saturated heterocycles. The molecular weight excluding hydrogens is 236 g/mol. The Balaban J connectivity index is 2.66. The summed E-state index contributed by atoms with van der Waals surface area (Å²) in [6.45, 7) is 2.49. The van der Waals surface area contributed by atoms with E-state index in [0.717, 1.165) is 10.6 Å². The van der Waals surface area contributed by atoms with Gasteiger partial charge in [0.2, 0.25) is 5.91 Å². The van der Waals surface area contributed by atoms with Gasteiger partial charge < -0.3 is 4.90 Å². The highest BCUT2D eigenvalue weighted by molar-refractivity contribution is 6.30. The lowest BCUT2D eigenvalue weighted by Gasteiger charge is -2.25. The SMILES string of the molecule is CC(c1ccc(Cl)cc1)N(C)CC(=O)N(C)C. The van der Waals surface area contributed by atoms with Gasteiger partial charge in [-0.05, 0) is 31.7 Å². The molecule has 3 nitrogen and oxygen atoms in total. The zero-order valence-corrected chi connectivity index (χ0v) is 11.5. The Morgan fingerprint density at radius 2 is 1.76 bits per heavy atom. The van der Waals surface area contributed by atoms with Crippen LogP contribution in [0.4, 0.5) is 0 Å². The quantitative estimate of drug-likeness (QED) is 0.824. The third kappa shape index (κ3) is 4.02. The van der Waals surface area contributed by atoms with Crippen LogP contribution in [0.15, 0.2) is 24.3 Å². The molecule has 4 heteroatoms. The lowest BCUT2D eigenvalue weighted by atomic mass is 10.1. The van der Waals surface area contributed by atoms with Gasteiger partial charge in [0, 0.05) is 25.2 Å². The van der Waals surface area contributed by atoms with Gasteiger partial charge in [0.1, 0.15) is 0 Å². The van der Waals surface area contributed by atoms with Gasteiger partial charge in [-0.1, -0.05) is 23.7 Å². The molecule has 1 atom stereocenters. The number of likely N-dealkylation sites (N-methyl/N-ethyl adjacent to an activating group) is 2.